The second kappa shape index (κ2) is 10.5. The van der Waals surface area contributed by atoms with Crippen LogP contribution in [0.25, 0.3) is 21.6 Å². The molecule has 190 valence electrons. The number of carbonyl (C=O) groups is 1. The Morgan fingerprint density at radius 1 is 1.22 bits per heavy atom. The Balaban J connectivity index is 1.46. The first-order chi connectivity index (χ1) is 17.4. The molecule has 11 heteroatoms. The SMILES string of the molecule is C[C@@H](O)C(=O)N1CCN(Cc2cc3c(N4CCOCC4)nc(-c4cccc(N)c4C=N)nc3s2)CC1. The summed E-state index contributed by atoms with van der Waals surface area (Å²) in [6.45, 7) is 7.82. The molecule has 0 bridgehead atoms. The van der Waals surface area contributed by atoms with Gasteiger partial charge in [0.1, 0.15) is 16.8 Å². The number of benzene rings is 1. The van der Waals surface area contributed by atoms with Gasteiger partial charge in [0.2, 0.25) is 0 Å². The lowest BCUT2D eigenvalue weighted by atomic mass is 10.1. The van der Waals surface area contributed by atoms with Crippen molar-refractivity contribution in [2.45, 2.75) is 19.6 Å². The first kappa shape index (κ1) is 24.6. The number of thiophene rings is 1. The van der Waals surface area contributed by atoms with Crippen molar-refractivity contribution in [1.82, 2.24) is 19.8 Å². The third-order valence-electron chi connectivity index (χ3n) is 6.68. The minimum Gasteiger partial charge on any atom is -0.398 e. The van der Waals surface area contributed by atoms with E-state index in [1.54, 1.807) is 22.3 Å². The number of nitrogens with zero attached hydrogens (tertiary/aromatic N) is 5. The first-order valence-corrected chi connectivity index (χ1v) is 13.0. The van der Waals surface area contributed by atoms with E-state index in [1.165, 1.54) is 18.0 Å². The number of anilines is 2. The molecule has 10 nitrogen and oxygen atoms in total. The minimum absolute atomic E-state index is 0.208. The predicted molar refractivity (Wildman–Crippen MR) is 142 cm³/mol. The number of fused-ring (bicyclic) bond motifs is 1. The number of carbonyl (C=O) groups excluding carboxylic acids is 1. The molecule has 2 aliphatic rings. The van der Waals surface area contributed by atoms with E-state index in [9.17, 15) is 9.90 Å². The van der Waals surface area contributed by atoms with Gasteiger partial charge >= 0.3 is 0 Å². The first-order valence-electron chi connectivity index (χ1n) is 12.2. The van der Waals surface area contributed by atoms with E-state index in [2.05, 4.69) is 15.9 Å². The monoisotopic (exact) mass is 509 g/mol. The zero-order valence-corrected chi connectivity index (χ0v) is 21.1. The third kappa shape index (κ3) is 4.92. The third-order valence-corrected chi connectivity index (χ3v) is 7.69. The highest BCUT2D eigenvalue weighted by Gasteiger charge is 2.25. The van der Waals surface area contributed by atoms with Crippen LogP contribution in [-0.2, 0) is 16.1 Å². The summed E-state index contributed by atoms with van der Waals surface area (Å²) in [5.74, 6) is 1.24. The van der Waals surface area contributed by atoms with Crippen LogP contribution in [0, 0.1) is 5.41 Å². The second-order valence-corrected chi connectivity index (χ2v) is 10.2. The lowest BCUT2D eigenvalue weighted by molar-refractivity contribution is -0.141. The standard InChI is InChI=1S/C25H31N7O3S/c1-16(33)25(34)32-7-5-30(6-8-32)15-17-13-19-23(31-9-11-35-12-10-31)28-22(29-24(19)36-17)18-3-2-4-21(27)20(18)14-26/h2-4,13-14,16,26,33H,5-12,15,27H2,1H3/t16-/m1/s1. The zero-order valence-electron chi connectivity index (χ0n) is 20.3. The van der Waals surface area contributed by atoms with Gasteiger partial charge in [-0.15, -0.1) is 11.3 Å². The molecule has 0 saturated carbocycles. The average Bonchev–Trinajstić information content (AvgIpc) is 3.30. The quantitative estimate of drug-likeness (QED) is 0.339. The number of rotatable bonds is 6. The lowest BCUT2D eigenvalue weighted by Crippen LogP contribution is -2.50. The number of morpholine rings is 1. The summed E-state index contributed by atoms with van der Waals surface area (Å²) in [6, 6.07) is 7.73. The van der Waals surface area contributed by atoms with Crippen molar-refractivity contribution >= 4 is 45.2 Å². The molecule has 2 aromatic heterocycles. The van der Waals surface area contributed by atoms with Crippen molar-refractivity contribution in [3.05, 3.63) is 34.7 Å². The largest absolute Gasteiger partial charge is 0.398 e. The molecule has 5 rings (SSSR count). The van der Waals surface area contributed by atoms with Gasteiger partial charge in [0.15, 0.2) is 5.82 Å². The number of aliphatic hydroxyl groups excluding tert-OH is 1. The summed E-state index contributed by atoms with van der Waals surface area (Å²) in [6.07, 6.45) is 0.299. The Labute approximate surface area is 213 Å². The predicted octanol–water partition coefficient (Wildman–Crippen LogP) is 1.80. The number of nitrogens with two attached hydrogens (primary N) is 1. The van der Waals surface area contributed by atoms with Crippen molar-refractivity contribution in [3.8, 4) is 11.4 Å². The molecule has 2 aliphatic heterocycles. The van der Waals surface area contributed by atoms with Gasteiger partial charge in [-0.2, -0.15) is 0 Å². The van der Waals surface area contributed by atoms with Gasteiger partial charge in [-0.3, -0.25) is 9.69 Å². The Morgan fingerprint density at radius 3 is 2.67 bits per heavy atom. The van der Waals surface area contributed by atoms with Crippen LogP contribution in [-0.4, -0.2) is 95.6 Å². The molecule has 4 heterocycles. The molecule has 36 heavy (non-hydrogen) atoms. The number of nitrogens with one attached hydrogen (secondary N) is 1. The van der Waals surface area contributed by atoms with E-state index < -0.39 is 6.10 Å². The molecule has 1 atom stereocenters. The summed E-state index contributed by atoms with van der Waals surface area (Å²) < 4.78 is 5.57. The Kier molecular flexibility index (Phi) is 7.15. The van der Waals surface area contributed by atoms with E-state index in [0.717, 1.165) is 54.3 Å². The Bertz CT molecular complexity index is 1260. The molecule has 3 aromatic rings. The number of nitrogen functional groups attached to an aromatic ring is 1. The maximum absolute atomic E-state index is 12.1. The molecular formula is C25H31N7O3S. The van der Waals surface area contributed by atoms with E-state index in [1.807, 2.05) is 12.1 Å². The highest BCUT2D eigenvalue weighted by molar-refractivity contribution is 7.18. The van der Waals surface area contributed by atoms with Gasteiger partial charge < -0.3 is 30.8 Å². The smallest absolute Gasteiger partial charge is 0.251 e. The summed E-state index contributed by atoms with van der Waals surface area (Å²) in [5, 5.41) is 18.5. The molecule has 4 N–H and O–H groups in total. The van der Waals surface area contributed by atoms with Crippen molar-refractivity contribution in [2.24, 2.45) is 0 Å². The molecule has 0 unspecified atom stereocenters. The van der Waals surface area contributed by atoms with Crippen LogP contribution >= 0.6 is 11.3 Å². The Morgan fingerprint density at radius 2 is 1.97 bits per heavy atom. The second-order valence-electron chi connectivity index (χ2n) is 9.13. The average molecular weight is 510 g/mol. The maximum atomic E-state index is 12.1. The van der Waals surface area contributed by atoms with Crippen LogP contribution in [0.4, 0.5) is 11.5 Å². The van der Waals surface area contributed by atoms with Crippen molar-refractivity contribution in [2.75, 3.05) is 63.1 Å². The topological polar surface area (TPSA) is 132 Å². The summed E-state index contributed by atoms with van der Waals surface area (Å²) >= 11 is 1.65. The molecule has 0 radical (unpaired) electrons. The summed E-state index contributed by atoms with van der Waals surface area (Å²) in [4.78, 5) is 30.4. The molecule has 1 aromatic carbocycles. The highest BCUT2D eigenvalue weighted by atomic mass is 32.1. The van der Waals surface area contributed by atoms with Crippen molar-refractivity contribution in [3.63, 3.8) is 0 Å². The molecule has 2 saturated heterocycles. The molecule has 1 amide bonds. The highest BCUT2D eigenvalue weighted by Crippen LogP contribution is 2.35. The number of aliphatic hydroxyl groups is 1. The fourth-order valence-electron chi connectivity index (χ4n) is 4.72. The number of ether oxygens (including phenoxy) is 1. The Hall–Kier alpha value is -3.12. The van der Waals surface area contributed by atoms with Gasteiger partial charge in [0.25, 0.3) is 5.91 Å². The van der Waals surface area contributed by atoms with Gasteiger partial charge in [0, 0.05) is 73.7 Å². The number of piperazine rings is 1. The molecule has 0 aliphatic carbocycles. The number of hydrogen-bond acceptors (Lipinski definition) is 10. The number of hydrogen-bond donors (Lipinski definition) is 3. The van der Waals surface area contributed by atoms with Crippen LogP contribution in [0.3, 0.4) is 0 Å². The van der Waals surface area contributed by atoms with Gasteiger partial charge in [-0.1, -0.05) is 12.1 Å². The molecule has 0 spiro atoms. The lowest BCUT2D eigenvalue weighted by Gasteiger charge is -2.35. The fourth-order valence-corrected chi connectivity index (χ4v) is 5.79. The van der Waals surface area contributed by atoms with Crippen molar-refractivity contribution in [1.29, 1.82) is 5.41 Å². The minimum atomic E-state index is -0.960. The molecule has 2 fully saturated rings. The van der Waals surface area contributed by atoms with Crippen LogP contribution < -0.4 is 10.6 Å². The van der Waals surface area contributed by atoms with Crippen LogP contribution in [0.5, 0.6) is 0 Å². The number of aromatic nitrogens is 2. The van der Waals surface area contributed by atoms with E-state index >= 15 is 0 Å². The zero-order chi connectivity index (χ0) is 25.2. The molecular weight excluding hydrogens is 478 g/mol. The van der Waals surface area contributed by atoms with Gasteiger partial charge in [0.05, 0.1) is 18.6 Å². The van der Waals surface area contributed by atoms with Crippen LogP contribution in [0.1, 0.15) is 17.4 Å². The van der Waals surface area contributed by atoms with E-state index in [4.69, 9.17) is 25.8 Å². The van der Waals surface area contributed by atoms with E-state index in [0.29, 0.717) is 43.4 Å². The van der Waals surface area contributed by atoms with Gasteiger partial charge in [-0.05, 0) is 19.1 Å². The normalized spacial score (nSPS) is 17.9. The van der Waals surface area contributed by atoms with Crippen LogP contribution in [0.2, 0.25) is 0 Å². The summed E-state index contributed by atoms with van der Waals surface area (Å²) in [7, 11) is 0. The van der Waals surface area contributed by atoms with E-state index in [-0.39, 0.29) is 5.91 Å². The van der Waals surface area contributed by atoms with Crippen molar-refractivity contribution < 1.29 is 14.6 Å². The van der Waals surface area contributed by atoms with Crippen LogP contribution in [0.15, 0.2) is 24.3 Å². The maximum Gasteiger partial charge on any atom is 0.251 e. The fraction of sp³-hybridized carbons (Fsp3) is 0.440. The summed E-state index contributed by atoms with van der Waals surface area (Å²) in [5.41, 5.74) is 8.03. The number of amides is 1. The van der Waals surface area contributed by atoms with Gasteiger partial charge in [-0.25, -0.2) is 9.97 Å².